The van der Waals surface area contributed by atoms with Gasteiger partial charge in [0.1, 0.15) is 0 Å². The van der Waals surface area contributed by atoms with E-state index in [0.717, 1.165) is 25.1 Å². The van der Waals surface area contributed by atoms with Gasteiger partial charge in [0.05, 0.1) is 17.6 Å². The van der Waals surface area contributed by atoms with Crippen molar-refractivity contribution in [3.63, 3.8) is 0 Å². The Balaban J connectivity index is 2.79. The number of unbranched alkanes of at least 4 members (excludes halogenated alkanes) is 3. The lowest BCUT2D eigenvalue weighted by Gasteiger charge is -2.27. The van der Waals surface area contributed by atoms with Crippen LogP contribution in [0.1, 0.15) is 45.1 Å². The predicted octanol–water partition coefficient (Wildman–Crippen LogP) is 3.67. The van der Waals surface area contributed by atoms with Gasteiger partial charge in [-0.1, -0.05) is 39.2 Å². The smallest absolute Gasteiger partial charge is 0.308 e. The average Bonchev–Trinajstić information content (AvgIpc) is 2.50. The van der Waals surface area contributed by atoms with Gasteiger partial charge in [-0.25, -0.2) is 0 Å². The second kappa shape index (κ2) is 9.02. The number of anilines is 1. The lowest BCUT2D eigenvalue weighted by atomic mass is 10.1. The Bertz CT molecular complexity index is 494. The van der Waals surface area contributed by atoms with E-state index in [-0.39, 0.29) is 0 Å². The molecule has 0 fully saturated rings. The molecule has 0 saturated carbocycles. The number of rotatable bonds is 9. The number of nitrogens with zero attached hydrogens (tertiary/aromatic N) is 2. The number of carbonyl (C=O) groups is 1. The first kappa shape index (κ1) is 17.0. The van der Waals surface area contributed by atoms with Gasteiger partial charge < -0.3 is 10.0 Å². The maximum atomic E-state index is 11.1. The molecule has 1 aromatic carbocycles. The van der Waals surface area contributed by atoms with E-state index in [1.54, 1.807) is 13.0 Å². The van der Waals surface area contributed by atoms with Crippen molar-refractivity contribution in [2.24, 2.45) is 5.92 Å². The van der Waals surface area contributed by atoms with E-state index >= 15 is 0 Å². The number of hydrogen-bond acceptors (Lipinski definition) is 3. The number of nitriles is 1. The molecule has 0 heterocycles. The molecule has 21 heavy (non-hydrogen) atoms. The van der Waals surface area contributed by atoms with Crippen LogP contribution in [-0.2, 0) is 4.79 Å². The van der Waals surface area contributed by atoms with Gasteiger partial charge in [0.2, 0.25) is 0 Å². The Morgan fingerprint density at radius 2 is 2.14 bits per heavy atom. The quantitative estimate of drug-likeness (QED) is 0.704. The SMILES string of the molecule is CCCCCCN(CC(C)C(=O)O)c1cccc(C#N)c1. The molecule has 0 amide bonds. The first-order chi connectivity index (χ1) is 10.1. The lowest BCUT2D eigenvalue weighted by molar-refractivity contribution is -0.140. The molecule has 114 valence electrons. The summed E-state index contributed by atoms with van der Waals surface area (Å²) < 4.78 is 0. The average molecular weight is 288 g/mol. The van der Waals surface area contributed by atoms with E-state index in [0.29, 0.717) is 12.1 Å². The Labute approximate surface area is 127 Å². The van der Waals surface area contributed by atoms with E-state index in [2.05, 4.69) is 17.9 Å². The zero-order valence-corrected chi connectivity index (χ0v) is 12.9. The van der Waals surface area contributed by atoms with Crippen LogP contribution in [0.2, 0.25) is 0 Å². The third-order valence-electron chi connectivity index (χ3n) is 3.54. The minimum atomic E-state index is -0.787. The summed E-state index contributed by atoms with van der Waals surface area (Å²) in [5.74, 6) is -1.22. The van der Waals surface area contributed by atoms with Crippen molar-refractivity contribution < 1.29 is 9.90 Å². The molecule has 0 aromatic heterocycles. The monoisotopic (exact) mass is 288 g/mol. The first-order valence-corrected chi connectivity index (χ1v) is 7.56. The number of hydrogen-bond donors (Lipinski definition) is 1. The second-order valence-electron chi connectivity index (χ2n) is 5.41. The van der Waals surface area contributed by atoms with Crippen molar-refractivity contribution in [3.8, 4) is 6.07 Å². The highest BCUT2D eigenvalue weighted by Gasteiger charge is 2.16. The molecule has 4 heteroatoms. The van der Waals surface area contributed by atoms with Crippen LogP contribution in [0.4, 0.5) is 5.69 Å². The van der Waals surface area contributed by atoms with Crippen LogP contribution in [0.25, 0.3) is 0 Å². The molecule has 1 aromatic rings. The van der Waals surface area contributed by atoms with Crippen molar-refractivity contribution in [1.82, 2.24) is 0 Å². The van der Waals surface area contributed by atoms with Crippen molar-refractivity contribution in [3.05, 3.63) is 29.8 Å². The molecular weight excluding hydrogens is 264 g/mol. The molecule has 0 bridgehead atoms. The third kappa shape index (κ3) is 5.86. The highest BCUT2D eigenvalue weighted by molar-refractivity contribution is 5.70. The lowest BCUT2D eigenvalue weighted by Crippen LogP contribution is -2.32. The zero-order chi connectivity index (χ0) is 15.7. The maximum absolute atomic E-state index is 11.1. The maximum Gasteiger partial charge on any atom is 0.308 e. The van der Waals surface area contributed by atoms with E-state index in [9.17, 15) is 4.79 Å². The van der Waals surface area contributed by atoms with E-state index < -0.39 is 11.9 Å². The fourth-order valence-electron chi connectivity index (χ4n) is 2.24. The van der Waals surface area contributed by atoms with Gasteiger partial charge in [0, 0.05) is 18.8 Å². The van der Waals surface area contributed by atoms with E-state index in [1.165, 1.54) is 12.8 Å². The Morgan fingerprint density at radius 1 is 1.38 bits per heavy atom. The number of carboxylic acids is 1. The zero-order valence-electron chi connectivity index (χ0n) is 12.9. The minimum absolute atomic E-state index is 0.429. The summed E-state index contributed by atoms with van der Waals surface area (Å²) in [5.41, 5.74) is 1.53. The fourth-order valence-corrected chi connectivity index (χ4v) is 2.24. The van der Waals surface area contributed by atoms with Gasteiger partial charge >= 0.3 is 5.97 Å². The summed E-state index contributed by atoms with van der Waals surface area (Å²) in [6.07, 6.45) is 4.55. The number of aliphatic carboxylic acids is 1. The molecule has 0 aliphatic carbocycles. The Kier molecular flexibility index (Phi) is 7.31. The molecule has 0 radical (unpaired) electrons. The van der Waals surface area contributed by atoms with Crippen LogP contribution in [0.5, 0.6) is 0 Å². The van der Waals surface area contributed by atoms with E-state index in [1.807, 2.05) is 18.2 Å². The van der Waals surface area contributed by atoms with Gasteiger partial charge in [0.15, 0.2) is 0 Å². The van der Waals surface area contributed by atoms with Crippen LogP contribution in [0, 0.1) is 17.2 Å². The predicted molar refractivity (Wildman–Crippen MR) is 84.3 cm³/mol. The van der Waals surface area contributed by atoms with Crippen molar-refractivity contribution in [2.45, 2.75) is 39.5 Å². The van der Waals surface area contributed by atoms with Crippen LogP contribution in [0.3, 0.4) is 0 Å². The van der Waals surface area contributed by atoms with Gasteiger partial charge in [0.25, 0.3) is 0 Å². The van der Waals surface area contributed by atoms with Gasteiger partial charge in [-0.3, -0.25) is 4.79 Å². The molecular formula is C17H24N2O2. The number of benzene rings is 1. The molecule has 1 atom stereocenters. The summed E-state index contributed by atoms with van der Waals surface area (Å²) in [7, 11) is 0. The minimum Gasteiger partial charge on any atom is -0.481 e. The highest BCUT2D eigenvalue weighted by atomic mass is 16.4. The van der Waals surface area contributed by atoms with Crippen LogP contribution < -0.4 is 4.90 Å². The summed E-state index contributed by atoms with van der Waals surface area (Å²) >= 11 is 0. The summed E-state index contributed by atoms with van der Waals surface area (Å²) in [6, 6.07) is 9.51. The molecule has 0 saturated heterocycles. The molecule has 1 N–H and O–H groups in total. The standard InChI is InChI=1S/C17H24N2O2/c1-3-4-5-6-10-19(13-14(2)17(20)21)16-9-7-8-15(11-16)12-18/h7-9,11,14H,3-6,10,13H2,1-2H3,(H,20,21). The van der Waals surface area contributed by atoms with E-state index in [4.69, 9.17) is 10.4 Å². The fraction of sp³-hybridized carbons (Fsp3) is 0.529. The van der Waals surface area contributed by atoms with Crippen molar-refractivity contribution in [2.75, 3.05) is 18.0 Å². The largest absolute Gasteiger partial charge is 0.481 e. The highest BCUT2D eigenvalue weighted by Crippen LogP contribution is 2.19. The molecule has 1 rings (SSSR count). The molecule has 0 aliphatic rings. The summed E-state index contributed by atoms with van der Waals surface area (Å²) in [4.78, 5) is 13.2. The topological polar surface area (TPSA) is 64.3 Å². The van der Waals surface area contributed by atoms with Crippen LogP contribution in [0.15, 0.2) is 24.3 Å². The van der Waals surface area contributed by atoms with Crippen molar-refractivity contribution in [1.29, 1.82) is 5.26 Å². The second-order valence-corrected chi connectivity index (χ2v) is 5.41. The van der Waals surface area contributed by atoms with Crippen LogP contribution in [-0.4, -0.2) is 24.2 Å². The molecule has 0 spiro atoms. The third-order valence-corrected chi connectivity index (χ3v) is 3.54. The number of carboxylic acid groups (broad SMARTS) is 1. The summed E-state index contributed by atoms with van der Waals surface area (Å²) in [5, 5.41) is 18.1. The first-order valence-electron chi connectivity index (χ1n) is 7.56. The van der Waals surface area contributed by atoms with Crippen LogP contribution >= 0.6 is 0 Å². The summed E-state index contributed by atoms with van der Waals surface area (Å²) in [6.45, 7) is 5.18. The van der Waals surface area contributed by atoms with Gasteiger partial charge in [-0.05, 0) is 24.6 Å². The Hall–Kier alpha value is -2.02. The molecule has 4 nitrogen and oxygen atoms in total. The van der Waals surface area contributed by atoms with Gasteiger partial charge in [-0.2, -0.15) is 5.26 Å². The molecule has 0 aliphatic heterocycles. The van der Waals surface area contributed by atoms with Gasteiger partial charge in [-0.15, -0.1) is 0 Å². The van der Waals surface area contributed by atoms with Crippen molar-refractivity contribution >= 4 is 11.7 Å². The normalized spacial score (nSPS) is 11.7. The molecule has 1 unspecified atom stereocenters. The Morgan fingerprint density at radius 3 is 2.76 bits per heavy atom.